The fraction of sp³-hybridized carbons (Fsp3) is 0.0714. The van der Waals surface area contributed by atoms with Gasteiger partial charge in [0.1, 0.15) is 22.8 Å². The average Bonchev–Trinajstić information content (AvgIpc) is 2.37. The summed E-state index contributed by atoms with van der Waals surface area (Å²) < 4.78 is 0. The van der Waals surface area contributed by atoms with Crippen molar-refractivity contribution in [2.75, 3.05) is 0 Å². The number of hydrogen-bond acceptors (Lipinski definition) is 4. The summed E-state index contributed by atoms with van der Waals surface area (Å²) in [5, 5.41) is 31.2. The summed E-state index contributed by atoms with van der Waals surface area (Å²) >= 11 is 0. The molecule has 19 heavy (non-hydrogen) atoms. The van der Waals surface area contributed by atoms with Gasteiger partial charge < -0.3 is 20.6 Å². The van der Waals surface area contributed by atoms with Gasteiger partial charge in [0.2, 0.25) is 0 Å². The molecular formula is C14H13NO4. The van der Waals surface area contributed by atoms with Gasteiger partial charge in [-0.3, -0.25) is 4.79 Å². The van der Waals surface area contributed by atoms with Crippen LogP contribution in [0.15, 0.2) is 42.5 Å². The standard InChI is InChI=1S/C14H13NO4/c16-10-5-2-1-4-9(10)8-15-14(19)13-11(17)6-3-7-12(13)18/h1-7,16-18H,8H2,(H,15,19). The number of rotatable bonds is 3. The van der Waals surface area contributed by atoms with Gasteiger partial charge in [0.05, 0.1) is 0 Å². The van der Waals surface area contributed by atoms with E-state index in [0.29, 0.717) is 5.56 Å². The first-order chi connectivity index (χ1) is 9.09. The highest BCUT2D eigenvalue weighted by Crippen LogP contribution is 2.26. The molecule has 2 rings (SSSR count). The van der Waals surface area contributed by atoms with Crippen molar-refractivity contribution in [1.82, 2.24) is 5.32 Å². The van der Waals surface area contributed by atoms with E-state index in [1.165, 1.54) is 24.3 Å². The molecule has 5 heteroatoms. The van der Waals surface area contributed by atoms with Gasteiger partial charge in [-0.2, -0.15) is 0 Å². The summed E-state index contributed by atoms with van der Waals surface area (Å²) in [6, 6.07) is 10.7. The number of carbonyl (C=O) groups is 1. The summed E-state index contributed by atoms with van der Waals surface area (Å²) in [6.45, 7) is 0.0965. The van der Waals surface area contributed by atoms with E-state index in [-0.39, 0.29) is 29.4 Å². The molecule has 0 unspecified atom stereocenters. The van der Waals surface area contributed by atoms with E-state index < -0.39 is 5.91 Å². The molecule has 0 aliphatic heterocycles. The van der Waals surface area contributed by atoms with E-state index in [1.54, 1.807) is 18.2 Å². The van der Waals surface area contributed by atoms with Gasteiger partial charge in [0.15, 0.2) is 0 Å². The summed E-state index contributed by atoms with van der Waals surface area (Å²) in [7, 11) is 0. The molecule has 0 aliphatic carbocycles. The van der Waals surface area contributed by atoms with Gasteiger partial charge >= 0.3 is 0 Å². The van der Waals surface area contributed by atoms with Crippen LogP contribution in [0.1, 0.15) is 15.9 Å². The van der Waals surface area contributed by atoms with Gasteiger partial charge in [-0.05, 0) is 18.2 Å². The van der Waals surface area contributed by atoms with Crippen molar-refractivity contribution < 1.29 is 20.1 Å². The molecule has 0 saturated carbocycles. The summed E-state index contributed by atoms with van der Waals surface area (Å²) in [5.74, 6) is -1.13. The Hall–Kier alpha value is -2.69. The molecule has 0 fully saturated rings. The first kappa shape index (κ1) is 12.8. The highest BCUT2D eigenvalue weighted by Gasteiger charge is 2.15. The number of aromatic hydroxyl groups is 3. The van der Waals surface area contributed by atoms with Gasteiger partial charge in [-0.1, -0.05) is 24.3 Å². The van der Waals surface area contributed by atoms with E-state index in [4.69, 9.17) is 0 Å². The third-order valence-corrected chi connectivity index (χ3v) is 2.68. The zero-order valence-corrected chi connectivity index (χ0v) is 10.00. The minimum absolute atomic E-state index is 0.0734. The normalized spacial score (nSPS) is 10.1. The third kappa shape index (κ3) is 2.77. The van der Waals surface area contributed by atoms with Crippen LogP contribution >= 0.6 is 0 Å². The van der Waals surface area contributed by atoms with E-state index in [1.807, 2.05) is 0 Å². The third-order valence-electron chi connectivity index (χ3n) is 2.68. The maximum absolute atomic E-state index is 11.9. The Morgan fingerprint density at radius 3 is 2.11 bits per heavy atom. The highest BCUT2D eigenvalue weighted by molar-refractivity contribution is 5.99. The molecule has 1 amide bonds. The van der Waals surface area contributed by atoms with Crippen LogP contribution in [0.25, 0.3) is 0 Å². The first-order valence-electron chi connectivity index (χ1n) is 5.65. The van der Waals surface area contributed by atoms with Gasteiger partial charge in [0.25, 0.3) is 5.91 Å². The Kier molecular flexibility index (Phi) is 3.56. The second-order valence-corrected chi connectivity index (χ2v) is 3.98. The number of amides is 1. The molecule has 0 atom stereocenters. The molecule has 0 aromatic heterocycles. The number of nitrogens with one attached hydrogen (secondary N) is 1. The molecule has 0 aliphatic rings. The lowest BCUT2D eigenvalue weighted by Gasteiger charge is -2.09. The molecule has 4 N–H and O–H groups in total. The smallest absolute Gasteiger partial charge is 0.259 e. The van der Waals surface area contributed by atoms with Crippen LogP contribution in [0.2, 0.25) is 0 Å². The minimum atomic E-state index is -0.612. The quantitative estimate of drug-likeness (QED) is 0.675. The Morgan fingerprint density at radius 2 is 1.47 bits per heavy atom. The average molecular weight is 259 g/mol. The Bertz CT molecular complexity index is 590. The zero-order chi connectivity index (χ0) is 13.8. The predicted molar refractivity (Wildman–Crippen MR) is 69.0 cm³/mol. The van der Waals surface area contributed by atoms with Crippen molar-refractivity contribution in [3.63, 3.8) is 0 Å². The van der Waals surface area contributed by atoms with Crippen molar-refractivity contribution in [1.29, 1.82) is 0 Å². The van der Waals surface area contributed by atoms with Crippen molar-refractivity contribution in [2.24, 2.45) is 0 Å². The molecule has 2 aromatic rings. The molecule has 98 valence electrons. The van der Waals surface area contributed by atoms with Crippen LogP contribution in [-0.2, 0) is 6.54 Å². The lowest BCUT2D eigenvalue weighted by Crippen LogP contribution is -2.23. The number of phenolic OH excluding ortho intramolecular Hbond substituents is 3. The largest absolute Gasteiger partial charge is 0.508 e. The van der Waals surface area contributed by atoms with Crippen LogP contribution in [0.4, 0.5) is 0 Å². The van der Waals surface area contributed by atoms with Crippen molar-refractivity contribution in [2.45, 2.75) is 6.54 Å². The van der Waals surface area contributed by atoms with Crippen LogP contribution < -0.4 is 5.32 Å². The van der Waals surface area contributed by atoms with E-state index in [0.717, 1.165) is 0 Å². The Labute approximate surface area is 109 Å². The summed E-state index contributed by atoms with van der Waals surface area (Å²) in [4.78, 5) is 11.9. The predicted octanol–water partition coefficient (Wildman–Crippen LogP) is 1.73. The molecule has 0 bridgehead atoms. The van der Waals surface area contributed by atoms with Crippen LogP contribution in [0.3, 0.4) is 0 Å². The SMILES string of the molecule is O=C(NCc1ccccc1O)c1c(O)cccc1O. The highest BCUT2D eigenvalue weighted by atomic mass is 16.3. The van der Waals surface area contributed by atoms with E-state index in [2.05, 4.69) is 5.32 Å². The number of para-hydroxylation sites is 1. The molecule has 2 aromatic carbocycles. The number of hydrogen-bond donors (Lipinski definition) is 4. The lowest BCUT2D eigenvalue weighted by atomic mass is 10.1. The fourth-order valence-electron chi connectivity index (χ4n) is 1.69. The van der Waals surface area contributed by atoms with Gasteiger partial charge in [0, 0.05) is 12.1 Å². The maximum Gasteiger partial charge on any atom is 0.259 e. The lowest BCUT2D eigenvalue weighted by molar-refractivity contribution is 0.0945. The van der Waals surface area contributed by atoms with E-state index >= 15 is 0 Å². The van der Waals surface area contributed by atoms with Crippen molar-refractivity contribution in [3.8, 4) is 17.2 Å². The van der Waals surface area contributed by atoms with Crippen LogP contribution in [0, 0.1) is 0 Å². The Morgan fingerprint density at radius 1 is 0.895 bits per heavy atom. The fourth-order valence-corrected chi connectivity index (χ4v) is 1.69. The molecule has 0 saturated heterocycles. The van der Waals surface area contributed by atoms with Gasteiger partial charge in [-0.25, -0.2) is 0 Å². The monoisotopic (exact) mass is 259 g/mol. The molecule has 0 heterocycles. The maximum atomic E-state index is 11.9. The molecule has 5 nitrogen and oxygen atoms in total. The number of phenols is 3. The van der Waals surface area contributed by atoms with E-state index in [9.17, 15) is 20.1 Å². The molecular weight excluding hydrogens is 246 g/mol. The topological polar surface area (TPSA) is 89.8 Å². The van der Waals surface area contributed by atoms with Crippen LogP contribution in [0.5, 0.6) is 17.2 Å². The van der Waals surface area contributed by atoms with Crippen molar-refractivity contribution in [3.05, 3.63) is 53.6 Å². The second-order valence-electron chi connectivity index (χ2n) is 3.98. The van der Waals surface area contributed by atoms with Gasteiger partial charge in [-0.15, -0.1) is 0 Å². The summed E-state index contributed by atoms with van der Waals surface area (Å²) in [6.07, 6.45) is 0. The molecule has 0 radical (unpaired) electrons. The zero-order valence-electron chi connectivity index (χ0n) is 10.00. The minimum Gasteiger partial charge on any atom is -0.508 e. The first-order valence-corrected chi connectivity index (χ1v) is 5.65. The number of benzene rings is 2. The molecule has 0 spiro atoms. The Balaban J connectivity index is 2.13. The number of carbonyl (C=O) groups excluding carboxylic acids is 1. The van der Waals surface area contributed by atoms with Crippen LogP contribution in [-0.4, -0.2) is 21.2 Å². The second kappa shape index (κ2) is 5.30. The summed E-state index contributed by atoms with van der Waals surface area (Å²) in [5.41, 5.74) is 0.365. The van der Waals surface area contributed by atoms with Crippen molar-refractivity contribution >= 4 is 5.91 Å².